The molecule has 43 heavy (non-hydrogen) atoms. The minimum Gasteiger partial charge on any atom is -0.484 e. The topological polar surface area (TPSA) is 156 Å². The van der Waals surface area contributed by atoms with Gasteiger partial charge in [0.15, 0.2) is 0 Å². The van der Waals surface area contributed by atoms with E-state index in [4.69, 9.17) is 40.0 Å². The van der Waals surface area contributed by atoms with Crippen molar-refractivity contribution in [3.05, 3.63) is 56.5 Å². The van der Waals surface area contributed by atoms with Crippen LogP contribution in [0.15, 0.2) is 55.3 Å². The van der Waals surface area contributed by atoms with Crippen LogP contribution in [0.1, 0.15) is 36.8 Å². The molecule has 4 N–H and O–H groups in total. The Balaban J connectivity index is 0.000000179. The summed E-state index contributed by atoms with van der Waals surface area (Å²) in [6.07, 6.45) is 4.77. The first-order valence-electron chi connectivity index (χ1n) is 13.3. The number of aliphatic imine (C=N–C) groups is 2. The van der Waals surface area contributed by atoms with Crippen LogP contribution in [0.4, 0.5) is 0 Å². The number of fused-ring (bicyclic) bond motifs is 3. The zero-order valence-corrected chi connectivity index (χ0v) is 27.6. The minimum atomic E-state index is -0.829. The maximum atomic E-state index is 8.82. The van der Waals surface area contributed by atoms with Crippen LogP contribution in [0, 0.1) is 11.5 Å². The summed E-state index contributed by atoms with van der Waals surface area (Å²) in [5.74, 6) is 1.93. The van der Waals surface area contributed by atoms with Crippen molar-refractivity contribution in [2.75, 3.05) is 40.5 Å². The standard InChI is InChI=1S/C14H16BrN3O3.C13H11BrN2O2.CH5NO.ClH/c1-18-12(16)17-14(21-18)7-13(4-5-19-8-13)20-11-3-2-9(15)6-10(11)14;14-9-1-2-12-10(5-9)11(16-8-15)6-13(18-12)3-4-17-7-13;1-2-3;/h2-3,6H,4-5,7-8H2,1H3,(H2,16,17);1-2,5H,3-4,6-7H2;2-3H,1H3;1H. The number of nitriles is 1. The molecule has 232 valence electrons. The SMILES string of the molecule is CN1OC2(CC3(CCOC3)Oc3ccc(Br)cc32)N=C1N.CNO.Cl.N#CN=C1CC2(CCOC2)Oc2ccc(Br)cc21. The van der Waals surface area contributed by atoms with Crippen molar-refractivity contribution in [1.29, 1.82) is 5.26 Å². The third-order valence-electron chi connectivity index (χ3n) is 7.54. The van der Waals surface area contributed by atoms with Gasteiger partial charge in [0.05, 0.1) is 37.7 Å². The van der Waals surface area contributed by atoms with Gasteiger partial charge in [-0.3, -0.25) is 0 Å². The Hall–Kier alpha value is -2.48. The smallest absolute Gasteiger partial charge is 0.222 e. The van der Waals surface area contributed by atoms with Crippen molar-refractivity contribution in [3.63, 3.8) is 0 Å². The summed E-state index contributed by atoms with van der Waals surface area (Å²) in [6, 6.07) is 11.6. The normalized spacial score (nSPS) is 28.8. The number of rotatable bonds is 0. The Bertz CT molecular complexity index is 1430. The summed E-state index contributed by atoms with van der Waals surface area (Å²) in [5.41, 5.74) is 8.69. The molecule has 5 aliphatic heterocycles. The molecule has 0 radical (unpaired) electrons. The zero-order chi connectivity index (χ0) is 30.0. The molecule has 2 aromatic carbocycles. The zero-order valence-electron chi connectivity index (χ0n) is 23.6. The highest BCUT2D eigenvalue weighted by atomic mass is 79.9. The molecule has 2 aromatic rings. The maximum Gasteiger partial charge on any atom is 0.222 e. The monoisotopic (exact) mass is 742 g/mol. The van der Waals surface area contributed by atoms with Gasteiger partial charge in [-0.2, -0.15) is 10.3 Å². The number of hydrogen-bond donors (Lipinski definition) is 3. The van der Waals surface area contributed by atoms with Gasteiger partial charge in [-0.25, -0.2) is 20.4 Å². The van der Waals surface area contributed by atoms with E-state index in [-0.39, 0.29) is 18.0 Å². The average Bonchev–Trinajstić information content (AvgIpc) is 3.66. The van der Waals surface area contributed by atoms with Crippen LogP contribution in [0.3, 0.4) is 0 Å². The Morgan fingerprint density at radius 3 is 2.23 bits per heavy atom. The van der Waals surface area contributed by atoms with Crippen molar-refractivity contribution < 1.29 is 29.0 Å². The number of benzene rings is 2. The van der Waals surface area contributed by atoms with E-state index < -0.39 is 11.3 Å². The van der Waals surface area contributed by atoms with Crippen LogP contribution in [0.5, 0.6) is 11.5 Å². The Morgan fingerprint density at radius 1 is 1.05 bits per heavy atom. The lowest BCUT2D eigenvalue weighted by atomic mass is 9.84. The minimum absolute atomic E-state index is 0. The third-order valence-corrected chi connectivity index (χ3v) is 8.53. The van der Waals surface area contributed by atoms with Crippen molar-refractivity contribution in [3.8, 4) is 17.7 Å². The molecule has 0 aromatic heterocycles. The lowest BCUT2D eigenvalue weighted by Crippen LogP contribution is -2.49. The summed E-state index contributed by atoms with van der Waals surface area (Å²) in [7, 11) is 3.19. The van der Waals surface area contributed by atoms with Crippen molar-refractivity contribution in [2.24, 2.45) is 15.7 Å². The van der Waals surface area contributed by atoms with Crippen LogP contribution in [-0.4, -0.2) is 73.7 Å². The average molecular weight is 745 g/mol. The molecule has 2 fully saturated rings. The van der Waals surface area contributed by atoms with Crippen molar-refractivity contribution >= 4 is 55.9 Å². The van der Waals surface area contributed by atoms with Gasteiger partial charge in [-0.1, -0.05) is 31.9 Å². The highest BCUT2D eigenvalue weighted by Crippen LogP contribution is 2.51. The van der Waals surface area contributed by atoms with E-state index in [0.29, 0.717) is 45.2 Å². The molecule has 0 amide bonds. The van der Waals surface area contributed by atoms with Gasteiger partial charge < -0.3 is 29.9 Å². The highest BCUT2D eigenvalue weighted by molar-refractivity contribution is 9.10. The fourth-order valence-electron chi connectivity index (χ4n) is 5.69. The molecule has 0 bridgehead atoms. The lowest BCUT2D eigenvalue weighted by Gasteiger charge is -2.42. The fourth-order valence-corrected chi connectivity index (χ4v) is 6.41. The molecular weight excluding hydrogens is 712 g/mol. The first-order chi connectivity index (χ1) is 20.2. The molecule has 7 rings (SSSR count). The number of nitrogens with two attached hydrogens (primary N) is 1. The molecule has 2 saturated heterocycles. The fraction of sp³-hybridized carbons (Fsp3) is 0.464. The molecule has 5 heterocycles. The molecular formula is C28H33Br2ClN6O6. The van der Waals surface area contributed by atoms with E-state index in [2.05, 4.69) is 41.8 Å². The first kappa shape index (κ1) is 33.4. The van der Waals surface area contributed by atoms with Crippen LogP contribution in [0.25, 0.3) is 0 Å². The predicted octanol–water partition coefficient (Wildman–Crippen LogP) is 4.41. The third kappa shape index (κ3) is 6.94. The molecule has 3 spiro atoms. The molecule has 3 atom stereocenters. The van der Waals surface area contributed by atoms with Gasteiger partial charge in [0.1, 0.15) is 22.7 Å². The molecule has 3 unspecified atom stereocenters. The summed E-state index contributed by atoms with van der Waals surface area (Å²) < 4.78 is 25.2. The Labute approximate surface area is 272 Å². The molecule has 5 aliphatic rings. The van der Waals surface area contributed by atoms with E-state index in [1.165, 1.54) is 12.1 Å². The van der Waals surface area contributed by atoms with E-state index >= 15 is 0 Å². The second-order valence-corrected chi connectivity index (χ2v) is 12.4. The molecule has 12 nitrogen and oxygen atoms in total. The van der Waals surface area contributed by atoms with E-state index in [1.54, 1.807) is 12.5 Å². The van der Waals surface area contributed by atoms with Crippen LogP contribution < -0.4 is 20.7 Å². The van der Waals surface area contributed by atoms with E-state index in [9.17, 15) is 0 Å². The Morgan fingerprint density at radius 2 is 1.65 bits per heavy atom. The summed E-state index contributed by atoms with van der Waals surface area (Å²) in [4.78, 5) is 14.6. The predicted molar refractivity (Wildman–Crippen MR) is 168 cm³/mol. The summed E-state index contributed by atoms with van der Waals surface area (Å²) in [6.45, 7) is 2.50. The van der Waals surface area contributed by atoms with Gasteiger partial charge in [0, 0.05) is 54.3 Å². The van der Waals surface area contributed by atoms with Crippen LogP contribution >= 0.6 is 44.3 Å². The number of nitrogens with one attached hydrogen (secondary N) is 1. The number of ether oxygens (including phenoxy) is 4. The van der Waals surface area contributed by atoms with Crippen LogP contribution in [-0.2, 0) is 20.0 Å². The molecule has 15 heteroatoms. The van der Waals surface area contributed by atoms with Crippen molar-refractivity contribution in [2.45, 2.75) is 42.6 Å². The number of guanidine groups is 1. The van der Waals surface area contributed by atoms with E-state index in [0.717, 1.165) is 50.1 Å². The second-order valence-electron chi connectivity index (χ2n) is 10.5. The maximum absolute atomic E-state index is 8.82. The quantitative estimate of drug-likeness (QED) is 0.261. The number of nitrogens with zero attached hydrogens (tertiary/aromatic N) is 4. The lowest BCUT2D eigenvalue weighted by molar-refractivity contribution is -0.203. The van der Waals surface area contributed by atoms with E-state index in [1.807, 2.05) is 42.6 Å². The largest absolute Gasteiger partial charge is 0.484 e. The first-order valence-corrected chi connectivity index (χ1v) is 14.9. The van der Waals surface area contributed by atoms with Gasteiger partial charge in [-0.05, 0) is 36.4 Å². The van der Waals surface area contributed by atoms with Crippen molar-refractivity contribution in [1.82, 2.24) is 10.5 Å². The summed E-state index contributed by atoms with van der Waals surface area (Å²) >= 11 is 6.92. The van der Waals surface area contributed by atoms with Gasteiger partial charge >= 0.3 is 0 Å². The Kier molecular flexibility index (Phi) is 10.6. The van der Waals surface area contributed by atoms with Gasteiger partial charge in [-0.15, -0.1) is 12.4 Å². The van der Waals surface area contributed by atoms with Gasteiger partial charge in [0.25, 0.3) is 0 Å². The van der Waals surface area contributed by atoms with Gasteiger partial charge in [0.2, 0.25) is 17.9 Å². The number of hydroxylamine groups is 3. The number of halogens is 3. The molecule has 0 saturated carbocycles. The highest BCUT2D eigenvalue weighted by Gasteiger charge is 2.56. The second kappa shape index (κ2) is 13.7. The number of hydrogen-bond acceptors (Lipinski definition) is 12. The van der Waals surface area contributed by atoms with Crippen LogP contribution in [0.2, 0.25) is 0 Å². The summed E-state index contributed by atoms with van der Waals surface area (Å²) in [5, 5.41) is 17.7. The molecule has 0 aliphatic carbocycles.